The fourth-order valence-electron chi connectivity index (χ4n) is 1.74. The van der Waals surface area contributed by atoms with E-state index in [4.69, 9.17) is 5.73 Å². The lowest BCUT2D eigenvalue weighted by molar-refractivity contribution is 0.571. The first kappa shape index (κ1) is 12.2. The minimum atomic E-state index is -0.168. The average molecular weight is 209 g/mol. The third kappa shape index (κ3) is 4.00. The summed E-state index contributed by atoms with van der Waals surface area (Å²) in [5, 5.41) is 0. The molecule has 0 aliphatic heterocycles. The SMILES string of the molecule is CCCCC(N)Cc1ccc(F)cc1C. The number of rotatable bonds is 5. The largest absolute Gasteiger partial charge is 0.327 e. The Morgan fingerprint density at radius 1 is 1.40 bits per heavy atom. The monoisotopic (exact) mass is 209 g/mol. The lowest BCUT2D eigenvalue weighted by Gasteiger charge is -2.12. The van der Waals surface area contributed by atoms with Crippen LogP contribution < -0.4 is 5.73 Å². The fourth-order valence-corrected chi connectivity index (χ4v) is 1.74. The predicted molar refractivity (Wildman–Crippen MR) is 62.3 cm³/mol. The molecule has 0 saturated heterocycles. The van der Waals surface area contributed by atoms with E-state index in [1.54, 1.807) is 6.07 Å². The summed E-state index contributed by atoms with van der Waals surface area (Å²) in [4.78, 5) is 0. The summed E-state index contributed by atoms with van der Waals surface area (Å²) in [5.41, 5.74) is 8.17. The summed E-state index contributed by atoms with van der Waals surface area (Å²) in [6.45, 7) is 4.10. The van der Waals surface area contributed by atoms with E-state index in [1.165, 1.54) is 24.5 Å². The maximum absolute atomic E-state index is 12.9. The molecule has 84 valence electrons. The van der Waals surface area contributed by atoms with Gasteiger partial charge in [0.05, 0.1) is 0 Å². The summed E-state index contributed by atoms with van der Waals surface area (Å²) in [7, 11) is 0. The molecule has 0 spiro atoms. The van der Waals surface area contributed by atoms with Crippen molar-refractivity contribution >= 4 is 0 Å². The summed E-state index contributed by atoms with van der Waals surface area (Å²) in [6.07, 6.45) is 4.25. The third-order valence-electron chi connectivity index (χ3n) is 2.72. The van der Waals surface area contributed by atoms with Gasteiger partial charge in [-0.3, -0.25) is 0 Å². The van der Waals surface area contributed by atoms with E-state index in [0.29, 0.717) is 0 Å². The zero-order valence-electron chi connectivity index (χ0n) is 9.59. The minimum Gasteiger partial charge on any atom is -0.327 e. The molecule has 2 N–H and O–H groups in total. The maximum atomic E-state index is 12.9. The molecular formula is C13H20FN. The Kier molecular flexibility index (Phi) is 4.76. The van der Waals surface area contributed by atoms with Gasteiger partial charge in [0.2, 0.25) is 0 Å². The standard InChI is InChI=1S/C13H20FN/c1-3-4-5-13(15)9-11-6-7-12(14)8-10(11)2/h6-8,13H,3-5,9,15H2,1-2H3. The Morgan fingerprint density at radius 2 is 2.13 bits per heavy atom. The molecule has 2 heteroatoms. The summed E-state index contributed by atoms with van der Waals surface area (Å²) >= 11 is 0. The summed E-state index contributed by atoms with van der Waals surface area (Å²) in [6, 6.07) is 5.13. The number of halogens is 1. The van der Waals surface area contributed by atoms with E-state index in [1.807, 2.05) is 13.0 Å². The van der Waals surface area contributed by atoms with E-state index in [0.717, 1.165) is 18.4 Å². The molecule has 1 rings (SSSR count). The molecule has 0 heterocycles. The highest BCUT2D eigenvalue weighted by molar-refractivity contribution is 5.27. The van der Waals surface area contributed by atoms with Crippen molar-refractivity contribution in [2.75, 3.05) is 0 Å². The van der Waals surface area contributed by atoms with Crippen molar-refractivity contribution < 1.29 is 4.39 Å². The van der Waals surface area contributed by atoms with Crippen molar-refractivity contribution in [1.82, 2.24) is 0 Å². The second-order valence-electron chi connectivity index (χ2n) is 4.18. The zero-order valence-corrected chi connectivity index (χ0v) is 9.59. The first-order chi connectivity index (χ1) is 7.13. The highest BCUT2D eigenvalue weighted by Gasteiger charge is 2.06. The van der Waals surface area contributed by atoms with E-state index in [-0.39, 0.29) is 11.9 Å². The minimum absolute atomic E-state index is 0.168. The molecule has 0 aromatic heterocycles. The number of hydrogen-bond donors (Lipinski definition) is 1. The van der Waals surface area contributed by atoms with E-state index < -0.39 is 0 Å². The van der Waals surface area contributed by atoms with Crippen molar-refractivity contribution in [3.05, 3.63) is 35.1 Å². The number of aryl methyl sites for hydroxylation is 1. The number of nitrogens with two attached hydrogens (primary N) is 1. The molecule has 0 bridgehead atoms. The first-order valence-electron chi connectivity index (χ1n) is 5.64. The Bertz CT molecular complexity index is 309. The second-order valence-corrected chi connectivity index (χ2v) is 4.18. The summed E-state index contributed by atoms with van der Waals surface area (Å²) in [5.74, 6) is -0.168. The van der Waals surface area contributed by atoms with Crippen LogP contribution in [-0.4, -0.2) is 6.04 Å². The van der Waals surface area contributed by atoms with Gasteiger partial charge in [0.1, 0.15) is 5.82 Å². The maximum Gasteiger partial charge on any atom is 0.123 e. The molecule has 1 nitrogen and oxygen atoms in total. The third-order valence-corrected chi connectivity index (χ3v) is 2.72. The van der Waals surface area contributed by atoms with Crippen LogP contribution in [-0.2, 0) is 6.42 Å². The van der Waals surface area contributed by atoms with Gasteiger partial charge >= 0.3 is 0 Å². The lowest BCUT2D eigenvalue weighted by atomic mass is 9.98. The molecule has 0 saturated carbocycles. The van der Waals surface area contributed by atoms with Gasteiger partial charge in [0.25, 0.3) is 0 Å². The van der Waals surface area contributed by atoms with Crippen LogP contribution in [0, 0.1) is 12.7 Å². The van der Waals surface area contributed by atoms with Crippen LogP contribution in [0.5, 0.6) is 0 Å². The van der Waals surface area contributed by atoms with Gasteiger partial charge in [0, 0.05) is 6.04 Å². The quantitative estimate of drug-likeness (QED) is 0.791. The fraction of sp³-hybridized carbons (Fsp3) is 0.538. The topological polar surface area (TPSA) is 26.0 Å². The molecule has 0 radical (unpaired) electrons. The molecule has 0 aliphatic carbocycles. The second kappa shape index (κ2) is 5.86. The molecule has 15 heavy (non-hydrogen) atoms. The Hall–Kier alpha value is -0.890. The van der Waals surface area contributed by atoms with Crippen LogP contribution in [0.4, 0.5) is 4.39 Å². The normalized spacial score (nSPS) is 12.8. The van der Waals surface area contributed by atoms with Gasteiger partial charge in [-0.1, -0.05) is 25.8 Å². The molecule has 1 aromatic carbocycles. The molecule has 0 amide bonds. The highest BCUT2D eigenvalue weighted by atomic mass is 19.1. The van der Waals surface area contributed by atoms with Crippen molar-refractivity contribution in [3.8, 4) is 0 Å². The van der Waals surface area contributed by atoms with Gasteiger partial charge < -0.3 is 5.73 Å². The molecule has 0 aliphatic rings. The van der Waals surface area contributed by atoms with E-state index in [2.05, 4.69) is 6.92 Å². The molecular weight excluding hydrogens is 189 g/mol. The number of unbranched alkanes of at least 4 members (excludes halogenated alkanes) is 1. The van der Waals surface area contributed by atoms with Crippen molar-refractivity contribution in [1.29, 1.82) is 0 Å². The molecule has 1 atom stereocenters. The van der Waals surface area contributed by atoms with Gasteiger partial charge in [-0.15, -0.1) is 0 Å². The lowest BCUT2D eigenvalue weighted by Crippen LogP contribution is -2.23. The Balaban J connectivity index is 2.56. The molecule has 1 unspecified atom stereocenters. The first-order valence-corrected chi connectivity index (χ1v) is 5.64. The van der Waals surface area contributed by atoms with Gasteiger partial charge in [-0.05, 0) is 43.0 Å². The van der Waals surface area contributed by atoms with Gasteiger partial charge in [-0.25, -0.2) is 4.39 Å². The number of hydrogen-bond acceptors (Lipinski definition) is 1. The van der Waals surface area contributed by atoms with Crippen LogP contribution >= 0.6 is 0 Å². The smallest absolute Gasteiger partial charge is 0.123 e. The molecule has 0 fully saturated rings. The van der Waals surface area contributed by atoms with Crippen LogP contribution in [0.15, 0.2) is 18.2 Å². The Morgan fingerprint density at radius 3 is 2.73 bits per heavy atom. The number of benzene rings is 1. The molecule has 1 aromatic rings. The van der Waals surface area contributed by atoms with Crippen LogP contribution in [0.2, 0.25) is 0 Å². The van der Waals surface area contributed by atoms with Crippen molar-refractivity contribution in [2.24, 2.45) is 5.73 Å². The van der Waals surface area contributed by atoms with Crippen LogP contribution in [0.25, 0.3) is 0 Å². The zero-order chi connectivity index (χ0) is 11.3. The highest BCUT2D eigenvalue weighted by Crippen LogP contribution is 2.13. The van der Waals surface area contributed by atoms with E-state index in [9.17, 15) is 4.39 Å². The average Bonchev–Trinajstić information content (AvgIpc) is 2.19. The predicted octanol–water partition coefficient (Wildman–Crippen LogP) is 3.19. The Labute approximate surface area is 91.5 Å². The van der Waals surface area contributed by atoms with Crippen molar-refractivity contribution in [3.63, 3.8) is 0 Å². The van der Waals surface area contributed by atoms with Crippen molar-refractivity contribution in [2.45, 2.75) is 45.6 Å². The van der Waals surface area contributed by atoms with E-state index >= 15 is 0 Å². The van der Waals surface area contributed by atoms with Crippen LogP contribution in [0.1, 0.15) is 37.3 Å². The van der Waals surface area contributed by atoms with Gasteiger partial charge in [-0.2, -0.15) is 0 Å². The summed E-state index contributed by atoms with van der Waals surface area (Å²) < 4.78 is 12.9. The van der Waals surface area contributed by atoms with Gasteiger partial charge in [0.15, 0.2) is 0 Å². The van der Waals surface area contributed by atoms with Crippen LogP contribution in [0.3, 0.4) is 0 Å².